The first-order valence-electron chi connectivity index (χ1n) is 7.79. The summed E-state index contributed by atoms with van der Waals surface area (Å²) in [7, 11) is 0. The number of hydrogen-bond donors (Lipinski definition) is 1. The molecule has 7 heteroatoms. The summed E-state index contributed by atoms with van der Waals surface area (Å²) in [5.74, 6) is -2.31. The molecule has 5 nitrogen and oxygen atoms in total. The lowest BCUT2D eigenvalue weighted by atomic mass is 9.87. The molecule has 0 radical (unpaired) electrons. The lowest BCUT2D eigenvalue weighted by molar-refractivity contribution is -0.111. The van der Waals surface area contributed by atoms with Gasteiger partial charge in [-0.1, -0.05) is 6.58 Å². The maximum atomic E-state index is 13.2. The second-order valence-electron chi connectivity index (χ2n) is 5.95. The predicted octanol–water partition coefficient (Wildman–Crippen LogP) is 4.16. The number of halogens is 2. The molecular formula is C17H18F2N2O3. The molecule has 1 amide bonds. The Morgan fingerprint density at radius 1 is 1.46 bits per heavy atom. The van der Waals surface area contributed by atoms with E-state index in [2.05, 4.69) is 16.9 Å². The Balaban J connectivity index is 1.70. The van der Waals surface area contributed by atoms with Gasteiger partial charge in [0.25, 0.3) is 0 Å². The maximum Gasteiger partial charge on any atom is 0.248 e. The van der Waals surface area contributed by atoms with Gasteiger partial charge in [-0.25, -0.2) is 13.8 Å². The molecule has 0 atom stereocenters. The minimum Gasteiger partial charge on any atom is -0.489 e. The smallest absolute Gasteiger partial charge is 0.248 e. The Labute approximate surface area is 137 Å². The molecule has 0 spiro atoms. The topological polar surface area (TPSA) is 64.4 Å². The monoisotopic (exact) mass is 336 g/mol. The highest BCUT2D eigenvalue weighted by Gasteiger charge is 2.35. The fourth-order valence-electron chi connectivity index (χ4n) is 2.80. The third-order valence-corrected chi connectivity index (χ3v) is 4.20. The van der Waals surface area contributed by atoms with Crippen molar-refractivity contribution < 1.29 is 22.7 Å². The number of ether oxygens (including phenoxy) is 1. The van der Waals surface area contributed by atoms with Crippen molar-refractivity contribution >= 4 is 22.7 Å². The van der Waals surface area contributed by atoms with E-state index < -0.39 is 5.92 Å². The minimum atomic E-state index is -2.54. The average molecular weight is 336 g/mol. The van der Waals surface area contributed by atoms with E-state index in [-0.39, 0.29) is 24.7 Å². The van der Waals surface area contributed by atoms with E-state index in [0.717, 1.165) is 6.08 Å². The molecule has 2 aromatic rings. The zero-order valence-electron chi connectivity index (χ0n) is 13.1. The molecule has 1 aliphatic rings. The summed E-state index contributed by atoms with van der Waals surface area (Å²) >= 11 is 0. The van der Waals surface area contributed by atoms with Gasteiger partial charge >= 0.3 is 0 Å². The van der Waals surface area contributed by atoms with Crippen LogP contribution in [0.25, 0.3) is 11.1 Å². The molecule has 128 valence electrons. The molecule has 0 bridgehead atoms. The molecule has 3 rings (SSSR count). The van der Waals surface area contributed by atoms with Crippen molar-refractivity contribution in [1.82, 2.24) is 4.98 Å². The van der Waals surface area contributed by atoms with Crippen LogP contribution in [0, 0.1) is 5.92 Å². The van der Waals surface area contributed by atoms with Crippen molar-refractivity contribution in [2.75, 3.05) is 11.9 Å². The maximum absolute atomic E-state index is 13.2. The third kappa shape index (κ3) is 3.55. The van der Waals surface area contributed by atoms with Crippen LogP contribution in [0.2, 0.25) is 0 Å². The van der Waals surface area contributed by atoms with Gasteiger partial charge in [0.15, 0.2) is 17.7 Å². The van der Waals surface area contributed by atoms with Crippen molar-refractivity contribution in [2.45, 2.75) is 31.6 Å². The van der Waals surface area contributed by atoms with E-state index in [9.17, 15) is 13.6 Å². The van der Waals surface area contributed by atoms with Gasteiger partial charge in [-0.3, -0.25) is 4.79 Å². The van der Waals surface area contributed by atoms with E-state index in [4.69, 9.17) is 9.15 Å². The number of amides is 1. The lowest BCUT2D eigenvalue weighted by Crippen LogP contribution is -2.27. The Bertz CT molecular complexity index is 747. The number of anilines is 1. The SMILES string of the molecule is C=CC(=O)Nc1ccc(OCC2CCC(F)(F)CC2)c2ocnc12. The van der Waals surface area contributed by atoms with E-state index in [1.165, 1.54) is 6.39 Å². The highest BCUT2D eigenvalue weighted by molar-refractivity contribution is 6.04. The van der Waals surface area contributed by atoms with E-state index in [1.54, 1.807) is 12.1 Å². The zero-order valence-corrected chi connectivity index (χ0v) is 13.1. The van der Waals surface area contributed by atoms with Gasteiger partial charge < -0.3 is 14.5 Å². The molecule has 1 aromatic carbocycles. The van der Waals surface area contributed by atoms with E-state index >= 15 is 0 Å². The summed E-state index contributed by atoms with van der Waals surface area (Å²) in [6.07, 6.45) is 3.13. The molecule has 0 unspecified atom stereocenters. The van der Waals surface area contributed by atoms with E-state index in [0.29, 0.717) is 42.0 Å². The van der Waals surface area contributed by atoms with Crippen molar-refractivity contribution in [3.05, 3.63) is 31.2 Å². The summed E-state index contributed by atoms with van der Waals surface area (Å²) in [5, 5.41) is 2.64. The molecule has 0 saturated heterocycles. The van der Waals surface area contributed by atoms with Gasteiger partial charge in [-0.05, 0) is 37.0 Å². The van der Waals surface area contributed by atoms with Crippen LogP contribution in [0.1, 0.15) is 25.7 Å². The van der Waals surface area contributed by atoms with Crippen LogP contribution in [0.5, 0.6) is 5.75 Å². The van der Waals surface area contributed by atoms with Crippen LogP contribution in [0.4, 0.5) is 14.5 Å². The second-order valence-corrected chi connectivity index (χ2v) is 5.95. The first-order chi connectivity index (χ1) is 11.5. The summed E-state index contributed by atoms with van der Waals surface area (Å²) < 4.78 is 37.5. The number of nitrogens with one attached hydrogen (secondary N) is 1. The summed E-state index contributed by atoms with van der Waals surface area (Å²) in [6, 6.07) is 3.33. The number of oxazole rings is 1. The summed E-state index contributed by atoms with van der Waals surface area (Å²) in [4.78, 5) is 15.5. The standard InChI is InChI=1S/C17H18F2N2O3/c1-2-14(22)21-12-3-4-13(16-15(12)20-10-24-16)23-9-11-5-7-17(18,19)8-6-11/h2-4,10-11H,1,5-9H2,(H,21,22). The quantitative estimate of drug-likeness (QED) is 0.833. The molecule has 1 aromatic heterocycles. The highest BCUT2D eigenvalue weighted by atomic mass is 19.3. The molecular weight excluding hydrogens is 318 g/mol. The van der Waals surface area contributed by atoms with Gasteiger partial charge in [0.1, 0.15) is 5.52 Å². The number of carbonyl (C=O) groups is 1. The number of rotatable bonds is 5. The van der Waals surface area contributed by atoms with E-state index in [1.807, 2.05) is 0 Å². The number of fused-ring (bicyclic) bond motifs is 1. The Morgan fingerprint density at radius 3 is 2.92 bits per heavy atom. The molecule has 1 heterocycles. The second kappa shape index (κ2) is 6.59. The van der Waals surface area contributed by atoms with Crippen LogP contribution in [-0.4, -0.2) is 23.4 Å². The Hall–Kier alpha value is -2.44. The number of nitrogens with zero attached hydrogens (tertiary/aromatic N) is 1. The molecule has 24 heavy (non-hydrogen) atoms. The Morgan fingerprint density at radius 2 is 2.21 bits per heavy atom. The lowest BCUT2D eigenvalue weighted by Gasteiger charge is -2.28. The van der Waals surface area contributed by atoms with Gasteiger partial charge in [-0.2, -0.15) is 0 Å². The van der Waals surface area contributed by atoms with Crippen LogP contribution in [0.3, 0.4) is 0 Å². The zero-order chi connectivity index (χ0) is 17.2. The molecule has 0 aliphatic heterocycles. The number of carbonyl (C=O) groups excluding carboxylic acids is 1. The highest BCUT2D eigenvalue weighted by Crippen LogP contribution is 2.37. The van der Waals surface area contributed by atoms with Crippen molar-refractivity contribution in [2.24, 2.45) is 5.92 Å². The van der Waals surface area contributed by atoms with Gasteiger partial charge in [0, 0.05) is 12.8 Å². The molecule has 1 N–H and O–H groups in total. The normalized spacial score (nSPS) is 17.6. The Kier molecular flexibility index (Phi) is 4.51. The minimum absolute atomic E-state index is 0.0920. The predicted molar refractivity (Wildman–Crippen MR) is 85.2 cm³/mol. The average Bonchev–Trinajstić information content (AvgIpc) is 3.05. The fraction of sp³-hybridized carbons (Fsp3) is 0.412. The van der Waals surface area contributed by atoms with Crippen molar-refractivity contribution in [3.63, 3.8) is 0 Å². The third-order valence-electron chi connectivity index (χ3n) is 4.20. The number of hydrogen-bond acceptors (Lipinski definition) is 4. The van der Waals surface area contributed by atoms with Gasteiger partial charge in [0.05, 0.1) is 12.3 Å². The van der Waals surface area contributed by atoms with Crippen molar-refractivity contribution in [3.8, 4) is 5.75 Å². The first-order valence-corrected chi connectivity index (χ1v) is 7.79. The molecule has 1 aliphatic carbocycles. The van der Waals surface area contributed by atoms with Crippen molar-refractivity contribution in [1.29, 1.82) is 0 Å². The first kappa shape index (κ1) is 16.4. The number of aromatic nitrogens is 1. The number of alkyl halides is 2. The largest absolute Gasteiger partial charge is 0.489 e. The number of benzene rings is 1. The van der Waals surface area contributed by atoms with Crippen LogP contribution in [-0.2, 0) is 4.79 Å². The van der Waals surface area contributed by atoms with Crippen LogP contribution >= 0.6 is 0 Å². The van der Waals surface area contributed by atoms with Gasteiger partial charge in [-0.15, -0.1) is 0 Å². The van der Waals surface area contributed by atoms with Crippen LogP contribution < -0.4 is 10.1 Å². The summed E-state index contributed by atoms with van der Waals surface area (Å²) in [5.41, 5.74) is 1.38. The van der Waals surface area contributed by atoms with Gasteiger partial charge in [0.2, 0.25) is 11.8 Å². The summed E-state index contributed by atoms with van der Waals surface area (Å²) in [6.45, 7) is 3.75. The molecule has 1 saturated carbocycles. The fourth-order valence-corrected chi connectivity index (χ4v) is 2.80. The molecule has 1 fully saturated rings. The van der Waals surface area contributed by atoms with Crippen LogP contribution in [0.15, 0.2) is 35.6 Å².